The van der Waals surface area contributed by atoms with Crippen molar-refractivity contribution in [3.63, 3.8) is 0 Å². The van der Waals surface area contributed by atoms with Crippen LogP contribution < -0.4 is 10.5 Å². The second kappa shape index (κ2) is 6.35. The minimum Gasteiger partial charge on any atom is -0.398 e. The van der Waals surface area contributed by atoms with Gasteiger partial charge in [-0.05, 0) is 25.1 Å². The van der Waals surface area contributed by atoms with Gasteiger partial charge in [-0.1, -0.05) is 0 Å². The number of nitrogens with two attached hydrogens (primary N) is 1. The largest absolute Gasteiger partial charge is 0.398 e. The molecule has 0 aromatic heterocycles. The van der Waals surface area contributed by atoms with Gasteiger partial charge in [0, 0.05) is 13.2 Å². The number of anilines is 1. The van der Waals surface area contributed by atoms with Gasteiger partial charge in [-0.15, -0.1) is 0 Å². The Balaban J connectivity index is 2.82. The van der Waals surface area contributed by atoms with Crippen LogP contribution in [0.2, 0.25) is 0 Å². The number of rotatable bonds is 6. The summed E-state index contributed by atoms with van der Waals surface area (Å²) in [7, 11) is -3.66. The summed E-state index contributed by atoms with van der Waals surface area (Å²) in [6, 6.07) is 5.95. The number of nitrogens with zero attached hydrogens (tertiary/aromatic N) is 1. The van der Waals surface area contributed by atoms with Crippen molar-refractivity contribution in [2.24, 2.45) is 0 Å². The predicted molar refractivity (Wildman–Crippen MR) is 67.3 cm³/mol. The van der Waals surface area contributed by atoms with Crippen LogP contribution in [0.25, 0.3) is 0 Å². The molecule has 1 aromatic carbocycles. The van der Waals surface area contributed by atoms with Gasteiger partial charge in [-0.25, -0.2) is 13.1 Å². The third-order valence-corrected chi connectivity index (χ3v) is 3.71. The lowest BCUT2D eigenvalue weighted by molar-refractivity contribution is 0.153. The second-order valence-electron chi connectivity index (χ2n) is 3.46. The first-order valence-corrected chi connectivity index (χ1v) is 6.86. The molecule has 0 unspecified atom stereocenters. The van der Waals surface area contributed by atoms with E-state index in [2.05, 4.69) is 4.72 Å². The summed E-state index contributed by atoms with van der Waals surface area (Å²) >= 11 is 0. The molecule has 0 radical (unpaired) electrons. The predicted octanol–water partition coefficient (Wildman–Crippen LogP) is 0.455. The number of benzene rings is 1. The molecule has 0 spiro atoms. The van der Waals surface area contributed by atoms with E-state index < -0.39 is 10.0 Å². The van der Waals surface area contributed by atoms with Gasteiger partial charge in [-0.3, -0.25) is 0 Å². The molecule has 0 fully saturated rings. The third-order valence-electron chi connectivity index (χ3n) is 2.17. The first kappa shape index (κ1) is 14.4. The van der Waals surface area contributed by atoms with Crippen molar-refractivity contribution in [3.05, 3.63) is 23.8 Å². The summed E-state index contributed by atoms with van der Waals surface area (Å²) in [6.45, 7) is 2.83. The maximum Gasteiger partial charge on any atom is 0.242 e. The quantitative estimate of drug-likeness (QED) is 0.576. The molecular formula is C11H15N3O3S. The molecule has 0 saturated carbocycles. The number of ether oxygens (including phenoxy) is 1. The first-order valence-electron chi connectivity index (χ1n) is 5.38. The molecule has 0 saturated heterocycles. The number of nitrogen functional groups attached to an aromatic ring is 1. The fourth-order valence-electron chi connectivity index (χ4n) is 1.33. The van der Waals surface area contributed by atoms with Gasteiger partial charge in [0.05, 0.1) is 23.9 Å². The summed E-state index contributed by atoms with van der Waals surface area (Å²) in [5.74, 6) is 0. The Hall–Kier alpha value is -1.62. The monoisotopic (exact) mass is 269 g/mol. The second-order valence-corrected chi connectivity index (χ2v) is 5.19. The zero-order chi connectivity index (χ0) is 13.6. The maximum absolute atomic E-state index is 11.9. The number of hydrogen-bond acceptors (Lipinski definition) is 5. The van der Waals surface area contributed by atoms with Crippen LogP contribution in [0.3, 0.4) is 0 Å². The average molecular weight is 269 g/mol. The average Bonchev–Trinajstić information content (AvgIpc) is 2.34. The molecule has 3 N–H and O–H groups in total. The summed E-state index contributed by atoms with van der Waals surface area (Å²) < 4.78 is 31.2. The van der Waals surface area contributed by atoms with Gasteiger partial charge in [0.1, 0.15) is 4.90 Å². The Labute approximate surface area is 106 Å². The van der Waals surface area contributed by atoms with E-state index in [1.165, 1.54) is 18.2 Å². The van der Waals surface area contributed by atoms with Crippen molar-refractivity contribution >= 4 is 15.7 Å². The molecule has 0 atom stereocenters. The summed E-state index contributed by atoms with van der Waals surface area (Å²) in [5, 5.41) is 8.67. The topological polar surface area (TPSA) is 105 Å². The minimum absolute atomic E-state index is 0.0296. The summed E-state index contributed by atoms with van der Waals surface area (Å²) in [6.07, 6.45) is 0. The van der Waals surface area contributed by atoms with Crippen molar-refractivity contribution in [3.8, 4) is 6.07 Å². The lowest BCUT2D eigenvalue weighted by atomic mass is 10.2. The number of sulfonamides is 1. The highest BCUT2D eigenvalue weighted by Crippen LogP contribution is 2.19. The van der Waals surface area contributed by atoms with Crippen molar-refractivity contribution in [1.29, 1.82) is 5.26 Å². The molecule has 0 heterocycles. The van der Waals surface area contributed by atoms with E-state index in [1.807, 2.05) is 13.0 Å². The fourth-order valence-corrected chi connectivity index (χ4v) is 2.46. The minimum atomic E-state index is -3.66. The number of nitrogens with one attached hydrogen (secondary N) is 1. The standard InChI is InChI=1S/C11H15N3O3S/c1-2-17-6-5-14-18(15,16)11-4-3-9(8-12)7-10(11)13/h3-4,7,14H,2,5-6,13H2,1H3. The van der Waals surface area contributed by atoms with E-state index in [-0.39, 0.29) is 17.1 Å². The van der Waals surface area contributed by atoms with Gasteiger partial charge in [0.2, 0.25) is 10.0 Å². The molecule has 0 aliphatic rings. The number of hydrogen-bond donors (Lipinski definition) is 2. The van der Waals surface area contributed by atoms with E-state index in [0.717, 1.165) is 0 Å². The van der Waals surface area contributed by atoms with E-state index >= 15 is 0 Å². The summed E-state index contributed by atoms with van der Waals surface area (Å²) in [5.41, 5.74) is 5.99. The molecule has 0 aliphatic carbocycles. The molecule has 98 valence electrons. The Bertz CT molecular complexity index is 549. The van der Waals surface area contributed by atoms with Crippen LogP contribution in [-0.2, 0) is 14.8 Å². The molecule has 0 bridgehead atoms. The first-order chi connectivity index (χ1) is 8.51. The lowest BCUT2D eigenvalue weighted by Gasteiger charge is -2.09. The molecule has 0 amide bonds. The Morgan fingerprint density at radius 3 is 2.78 bits per heavy atom. The van der Waals surface area contributed by atoms with Crippen molar-refractivity contribution in [2.45, 2.75) is 11.8 Å². The zero-order valence-corrected chi connectivity index (χ0v) is 10.8. The van der Waals surface area contributed by atoms with Gasteiger partial charge in [-0.2, -0.15) is 5.26 Å². The molecule has 1 aromatic rings. The van der Waals surface area contributed by atoms with Crippen molar-refractivity contribution < 1.29 is 13.2 Å². The van der Waals surface area contributed by atoms with E-state index in [9.17, 15) is 8.42 Å². The van der Waals surface area contributed by atoms with Crippen molar-refractivity contribution in [1.82, 2.24) is 4.72 Å². The van der Waals surface area contributed by atoms with Gasteiger partial charge >= 0.3 is 0 Å². The van der Waals surface area contributed by atoms with Crippen LogP contribution in [0.4, 0.5) is 5.69 Å². The van der Waals surface area contributed by atoms with Gasteiger partial charge in [0.25, 0.3) is 0 Å². The van der Waals surface area contributed by atoms with Crippen LogP contribution in [0.5, 0.6) is 0 Å². The molecule has 7 heteroatoms. The van der Waals surface area contributed by atoms with Gasteiger partial charge < -0.3 is 10.5 Å². The highest BCUT2D eigenvalue weighted by Gasteiger charge is 2.16. The maximum atomic E-state index is 11.9. The molecular weight excluding hydrogens is 254 g/mol. The summed E-state index contributed by atoms with van der Waals surface area (Å²) in [4.78, 5) is -0.0296. The van der Waals surface area contributed by atoms with E-state index in [0.29, 0.717) is 18.8 Å². The van der Waals surface area contributed by atoms with E-state index in [4.69, 9.17) is 15.7 Å². The third kappa shape index (κ3) is 3.70. The Kier molecular flexibility index (Phi) is 5.09. The molecule has 6 nitrogen and oxygen atoms in total. The van der Waals surface area contributed by atoms with Crippen LogP contribution >= 0.6 is 0 Å². The van der Waals surface area contributed by atoms with Crippen LogP contribution in [0, 0.1) is 11.3 Å². The van der Waals surface area contributed by atoms with Crippen LogP contribution in [0.1, 0.15) is 12.5 Å². The Morgan fingerprint density at radius 2 is 2.22 bits per heavy atom. The molecule has 18 heavy (non-hydrogen) atoms. The van der Waals surface area contributed by atoms with E-state index in [1.54, 1.807) is 0 Å². The van der Waals surface area contributed by atoms with Crippen LogP contribution in [-0.4, -0.2) is 28.2 Å². The normalized spacial score (nSPS) is 11.1. The SMILES string of the molecule is CCOCCNS(=O)(=O)c1ccc(C#N)cc1N. The molecule has 0 aliphatic heterocycles. The Morgan fingerprint density at radius 1 is 1.50 bits per heavy atom. The van der Waals surface area contributed by atoms with Crippen molar-refractivity contribution in [2.75, 3.05) is 25.5 Å². The fraction of sp³-hybridized carbons (Fsp3) is 0.364. The zero-order valence-electron chi connectivity index (χ0n) is 10.0. The highest BCUT2D eigenvalue weighted by atomic mass is 32.2. The lowest BCUT2D eigenvalue weighted by Crippen LogP contribution is -2.28. The smallest absolute Gasteiger partial charge is 0.242 e. The van der Waals surface area contributed by atoms with Crippen LogP contribution in [0.15, 0.2) is 23.1 Å². The highest BCUT2D eigenvalue weighted by molar-refractivity contribution is 7.89. The van der Waals surface area contributed by atoms with Gasteiger partial charge in [0.15, 0.2) is 0 Å². The molecule has 1 rings (SSSR count). The number of nitriles is 1.